The van der Waals surface area contributed by atoms with Crippen molar-refractivity contribution in [1.82, 2.24) is 4.90 Å². The third kappa shape index (κ3) is 4.79. The van der Waals surface area contributed by atoms with Crippen molar-refractivity contribution in [2.75, 3.05) is 13.1 Å². The number of halogens is 2. The van der Waals surface area contributed by atoms with Crippen LogP contribution >= 0.6 is 15.9 Å². The molecule has 24 heavy (non-hydrogen) atoms. The zero-order chi connectivity index (χ0) is 18.1. The van der Waals surface area contributed by atoms with E-state index in [-0.39, 0.29) is 35.7 Å². The van der Waals surface area contributed by atoms with Crippen LogP contribution in [0.4, 0.5) is 9.18 Å². The van der Waals surface area contributed by atoms with Crippen LogP contribution in [0.5, 0.6) is 0 Å². The monoisotopic (exact) mass is 399 g/mol. The molecule has 1 aromatic rings. The van der Waals surface area contributed by atoms with E-state index in [1.807, 2.05) is 27.7 Å². The minimum Gasteiger partial charge on any atom is -0.444 e. The van der Waals surface area contributed by atoms with Crippen LogP contribution in [0.1, 0.15) is 44.5 Å². The largest absolute Gasteiger partial charge is 0.444 e. The molecule has 6 heteroatoms. The third-order valence-corrected chi connectivity index (χ3v) is 4.59. The molecular formula is C18H23BrFNO3. The fourth-order valence-electron chi connectivity index (χ4n) is 2.84. The Kier molecular flexibility index (Phi) is 5.68. The molecule has 0 saturated carbocycles. The summed E-state index contributed by atoms with van der Waals surface area (Å²) in [5.74, 6) is -0.583. The van der Waals surface area contributed by atoms with Crippen molar-refractivity contribution < 1.29 is 18.7 Å². The van der Waals surface area contributed by atoms with Crippen LogP contribution in [0.3, 0.4) is 0 Å². The van der Waals surface area contributed by atoms with Crippen LogP contribution in [0.25, 0.3) is 0 Å². The predicted octanol–water partition coefficient (Wildman–Crippen LogP) is 4.66. The molecule has 132 valence electrons. The minimum absolute atomic E-state index is 0.00747. The quantitative estimate of drug-likeness (QED) is 0.694. The fraction of sp³-hybridized carbons (Fsp3) is 0.556. The molecule has 1 amide bonds. The summed E-state index contributed by atoms with van der Waals surface area (Å²) < 4.78 is 19.9. The molecule has 2 rings (SSSR count). The first-order valence-electron chi connectivity index (χ1n) is 8.03. The molecule has 4 nitrogen and oxygen atoms in total. The highest BCUT2D eigenvalue weighted by atomic mass is 79.9. The number of benzene rings is 1. The minimum atomic E-state index is -0.547. The molecule has 0 radical (unpaired) electrons. The molecule has 0 spiro atoms. The summed E-state index contributed by atoms with van der Waals surface area (Å²) in [5, 5.41) is 0. The highest BCUT2D eigenvalue weighted by Gasteiger charge is 2.36. The molecule has 0 aliphatic carbocycles. The molecule has 1 heterocycles. The second-order valence-electron chi connectivity index (χ2n) is 7.37. The number of ether oxygens (including phenoxy) is 1. The number of nitrogens with zero attached hydrogens (tertiary/aromatic N) is 1. The first kappa shape index (κ1) is 18.9. The first-order valence-corrected chi connectivity index (χ1v) is 8.82. The van der Waals surface area contributed by atoms with Gasteiger partial charge in [-0.2, -0.15) is 0 Å². The lowest BCUT2D eigenvalue weighted by Gasteiger charge is -2.24. The normalized spacial score (nSPS) is 21.0. The Hall–Kier alpha value is -1.43. The van der Waals surface area contributed by atoms with Gasteiger partial charge in [0.15, 0.2) is 5.78 Å². The van der Waals surface area contributed by atoms with E-state index in [9.17, 15) is 14.0 Å². The number of Topliss-reactive ketones (excluding diaryl/α,β-unsaturated/α-hetero) is 1. The van der Waals surface area contributed by atoms with E-state index in [2.05, 4.69) is 15.9 Å². The van der Waals surface area contributed by atoms with E-state index < -0.39 is 11.4 Å². The topological polar surface area (TPSA) is 46.6 Å². The van der Waals surface area contributed by atoms with Crippen molar-refractivity contribution in [3.8, 4) is 0 Å². The molecule has 1 fully saturated rings. The molecule has 0 bridgehead atoms. The summed E-state index contributed by atoms with van der Waals surface area (Å²) in [5.41, 5.74) is -0.449. The maximum absolute atomic E-state index is 13.9. The van der Waals surface area contributed by atoms with Gasteiger partial charge in [-0.25, -0.2) is 9.18 Å². The summed E-state index contributed by atoms with van der Waals surface area (Å²) in [6.45, 7) is 8.47. The molecular weight excluding hydrogens is 377 g/mol. The summed E-state index contributed by atoms with van der Waals surface area (Å²) in [6.07, 6.45) is -0.141. The van der Waals surface area contributed by atoms with E-state index in [1.54, 1.807) is 11.0 Å². The summed E-state index contributed by atoms with van der Waals surface area (Å²) in [7, 11) is 0. The maximum Gasteiger partial charge on any atom is 0.410 e. The van der Waals surface area contributed by atoms with Crippen molar-refractivity contribution in [2.24, 2.45) is 11.8 Å². The Morgan fingerprint density at radius 1 is 1.33 bits per heavy atom. The molecule has 1 aliphatic heterocycles. The number of ketones is 1. The zero-order valence-corrected chi connectivity index (χ0v) is 16.0. The number of carbonyl (C=O) groups is 2. The Bertz CT molecular complexity index is 642. The van der Waals surface area contributed by atoms with Gasteiger partial charge in [-0.3, -0.25) is 4.79 Å². The van der Waals surface area contributed by atoms with Gasteiger partial charge in [0.25, 0.3) is 0 Å². The van der Waals surface area contributed by atoms with Crippen molar-refractivity contribution in [2.45, 2.75) is 39.7 Å². The van der Waals surface area contributed by atoms with Gasteiger partial charge in [-0.05, 0) is 50.8 Å². The second kappa shape index (κ2) is 7.21. The fourth-order valence-corrected chi connectivity index (χ4v) is 3.17. The predicted molar refractivity (Wildman–Crippen MR) is 93.5 cm³/mol. The van der Waals surface area contributed by atoms with Crippen LogP contribution < -0.4 is 0 Å². The van der Waals surface area contributed by atoms with Crippen LogP contribution in [0, 0.1) is 17.7 Å². The standard InChI is InChI=1S/C18H23BrFNO3/c1-11-9-21(17(23)24-18(2,3)4)10-12(11)7-16(22)14-6-5-13(19)8-15(14)20/h5-6,8,11-12H,7,9-10H2,1-4H3/t11-,12-/m0/s1. The first-order chi connectivity index (χ1) is 11.1. The zero-order valence-electron chi connectivity index (χ0n) is 14.4. The molecule has 0 unspecified atom stereocenters. The van der Waals surface area contributed by atoms with Gasteiger partial charge in [0, 0.05) is 24.0 Å². The molecule has 1 saturated heterocycles. The number of carbonyl (C=O) groups excluding carboxylic acids is 2. The number of rotatable bonds is 3. The number of likely N-dealkylation sites (tertiary alicyclic amines) is 1. The number of amides is 1. The second-order valence-corrected chi connectivity index (χ2v) is 8.29. The summed E-state index contributed by atoms with van der Waals surface area (Å²) >= 11 is 3.18. The Labute approximate surface area is 150 Å². The Morgan fingerprint density at radius 3 is 2.58 bits per heavy atom. The van der Waals surface area contributed by atoms with Crippen LogP contribution in [-0.2, 0) is 4.74 Å². The van der Waals surface area contributed by atoms with Crippen LogP contribution in [0.2, 0.25) is 0 Å². The Balaban J connectivity index is 2.00. The lowest BCUT2D eigenvalue weighted by Crippen LogP contribution is -2.35. The lowest BCUT2D eigenvalue weighted by atomic mass is 9.90. The van der Waals surface area contributed by atoms with E-state index in [0.29, 0.717) is 17.6 Å². The van der Waals surface area contributed by atoms with Gasteiger partial charge in [-0.1, -0.05) is 22.9 Å². The van der Waals surface area contributed by atoms with Crippen molar-refractivity contribution in [3.63, 3.8) is 0 Å². The van der Waals surface area contributed by atoms with E-state index in [0.717, 1.165) is 0 Å². The van der Waals surface area contributed by atoms with Crippen molar-refractivity contribution in [3.05, 3.63) is 34.1 Å². The molecule has 0 N–H and O–H groups in total. The number of hydrogen-bond acceptors (Lipinski definition) is 3. The molecule has 1 aliphatic rings. The number of hydrogen-bond donors (Lipinski definition) is 0. The van der Waals surface area contributed by atoms with Gasteiger partial charge in [0.05, 0.1) is 5.56 Å². The van der Waals surface area contributed by atoms with Crippen LogP contribution in [0.15, 0.2) is 22.7 Å². The van der Waals surface area contributed by atoms with Crippen molar-refractivity contribution >= 4 is 27.8 Å². The maximum atomic E-state index is 13.9. The van der Waals surface area contributed by atoms with Crippen LogP contribution in [-0.4, -0.2) is 35.5 Å². The van der Waals surface area contributed by atoms with E-state index in [4.69, 9.17) is 4.74 Å². The molecule has 0 aromatic heterocycles. The van der Waals surface area contributed by atoms with Crippen molar-refractivity contribution in [1.29, 1.82) is 0 Å². The van der Waals surface area contributed by atoms with Gasteiger partial charge in [-0.15, -0.1) is 0 Å². The summed E-state index contributed by atoms with van der Waals surface area (Å²) in [6, 6.07) is 4.44. The average Bonchev–Trinajstić information content (AvgIpc) is 2.78. The van der Waals surface area contributed by atoms with Gasteiger partial charge in [0.1, 0.15) is 11.4 Å². The van der Waals surface area contributed by atoms with E-state index >= 15 is 0 Å². The SMILES string of the molecule is C[C@H]1CN(C(=O)OC(C)(C)C)C[C@@H]1CC(=O)c1ccc(Br)cc1F. The molecule has 1 aromatic carbocycles. The molecule has 2 atom stereocenters. The summed E-state index contributed by atoms with van der Waals surface area (Å²) in [4.78, 5) is 26.2. The third-order valence-electron chi connectivity index (χ3n) is 4.10. The van der Waals surface area contributed by atoms with E-state index in [1.165, 1.54) is 12.1 Å². The van der Waals surface area contributed by atoms with Gasteiger partial charge >= 0.3 is 6.09 Å². The smallest absolute Gasteiger partial charge is 0.410 e. The highest BCUT2D eigenvalue weighted by Crippen LogP contribution is 2.29. The van der Waals surface area contributed by atoms with Gasteiger partial charge < -0.3 is 9.64 Å². The Morgan fingerprint density at radius 2 is 2.00 bits per heavy atom. The van der Waals surface area contributed by atoms with Gasteiger partial charge in [0.2, 0.25) is 0 Å². The lowest BCUT2D eigenvalue weighted by molar-refractivity contribution is 0.0283. The highest BCUT2D eigenvalue weighted by molar-refractivity contribution is 9.10. The average molecular weight is 400 g/mol.